The lowest BCUT2D eigenvalue weighted by Gasteiger charge is -2.10. The largest absolute Gasteiger partial charge is 0.324 e. The smallest absolute Gasteiger partial charge is 0.232 e. The summed E-state index contributed by atoms with van der Waals surface area (Å²) in [6, 6.07) is 20.6. The van der Waals surface area contributed by atoms with Crippen molar-refractivity contribution in [1.82, 2.24) is 0 Å². The van der Waals surface area contributed by atoms with Gasteiger partial charge in [-0.05, 0) is 42.8 Å². The highest BCUT2D eigenvalue weighted by molar-refractivity contribution is 7.80. The number of hydrogen-bond acceptors (Lipinski definition) is 5. The van der Waals surface area contributed by atoms with Crippen LogP contribution in [0.5, 0.6) is 0 Å². The summed E-state index contributed by atoms with van der Waals surface area (Å²) in [5, 5.41) is 2.79. The zero-order valence-electron chi connectivity index (χ0n) is 16.1. The summed E-state index contributed by atoms with van der Waals surface area (Å²) in [6.45, 7) is 1.82. The second-order valence-corrected chi connectivity index (χ2v) is 7.91. The molecule has 30 heavy (non-hydrogen) atoms. The molecule has 8 heteroatoms. The van der Waals surface area contributed by atoms with E-state index >= 15 is 0 Å². The number of hydrogen-bond donors (Lipinski definition) is 2. The van der Waals surface area contributed by atoms with Gasteiger partial charge in [-0.15, -0.1) is 0 Å². The highest BCUT2D eigenvalue weighted by atomic mass is 35.5. The first kappa shape index (κ1) is 21.7. The molecule has 3 aromatic carbocycles. The highest BCUT2D eigenvalue weighted by Gasteiger charge is 2.16. The van der Waals surface area contributed by atoms with Crippen molar-refractivity contribution in [3.8, 4) is 0 Å². The van der Waals surface area contributed by atoms with Crippen LogP contribution >= 0.6 is 11.6 Å². The van der Waals surface area contributed by atoms with Crippen molar-refractivity contribution >= 4 is 45.7 Å². The molecule has 2 N–H and O–H groups in total. The average molecular weight is 443 g/mol. The van der Waals surface area contributed by atoms with E-state index in [1.165, 1.54) is 18.2 Å². The molecule has 3 rings (SSSR count). The Balaban J connectivity index is 1.59. The normalized spacial score (nSPS) is 11.5. The van der Waals surface area contributed by atoms with Crippen LogP contribution in [0.25, 0.3) is 0 Å². The summed E-state index contributed by atoms with van der Waals surface area (Å²) in [6.07, 6.45) is -0.307. The first-order valence-corrected chi connectivity index (χ1v) is 10.5. The minimum atomic E-state index is -1.81. The third-order valence-electron chi connectivity index (χ3n) is 4.18. The van der Waals surface area contributed by atoms with Gasteiger partial charge in [-0.25, -0.2) is 4.21 Å². The average Bonchev–Trinajstić information content (AvgIpc) is 2.74. The molecule has 0 bridgehead atoms. The van der Waals surface area contributed by atoms with Crippen molar-refractivity contribution in [2.45, 2.75) is 18.2 Å². The van der Waals surface area contributed by atoms with Gasteiger partial charge in [0.25, 0.3) is 0 Å². The number of benzene rings is 3. The van der Waals surface area contributed by atoms with Crippen LogP contribution in [0.15, 0.2) is 77.7 Å². The lowest BCUT2D eigenvalue weighted by atomic mass is 10.0. The Labute approximate surface area is 181 Å². The third kappa shape index (κ3) is 5.76. The molecule has 0 spiro atoms. The monoisotopic (exact) mass is 442 g/mol. The Bertz CT molecular complexity index is 1090. The Morgan fingerprint density at radius 3 is 2.40 bits per heavy atom. The van der Waals surface area contributed by atoms with Gasteiger partial charge in [0, 0.05) is 5.56 Å². The maximum atomic E-state index is 12.3. The molecule has 0 radical (unpaired) electrons. The molecule has 154 valence electrons. The fourth-order valence-corrected chi connectivity index (χ4v) is 3.62. The topological polar surface area (TPSA) is 84.5 Å². The number of carbonyl (C=O) groups is 2. The maximum absolute atomic E-state index is 12.3. The standard InChI is InChI=1S/C22H19ClN2O4S/c1-15-7-5-6-10-18(15)21(26)14-22(27)24-20-12-11-17(13-19(20)23)30(28)29-25-16-8-3-2-4-9-16/h2-13,25H,14H2,1H3,(H,24,27). The predicted octanol–water partition coefficient (Wildman–Crippen LogP) is 4.93. The molecule has 0 aromatic heterocycles. The van der Waals surface area contributed by atoms with E-state index in [2.05, 4.69) is 10.8 Å². The quantitative estimate of drug-likeness (QED) is 0.293. The van der Waals surface area contributed by atoms with Gasteiger partial charge in [-0.1, -0.05) is 54.1 Å². The number of nitrogens with one attached hydrogen (secondary N) is 2. The van der Waals surface area contributed by atoms with Gasteiger partial charge in [-0.2, -0.15) is 4.28 Å². The zero-order chi connectivity index (χ0) is 21.5. The molecule has 0 aliphatic rings. The Hall–Kier alpha value is -3.00. The Morgan fingerprint density at radius 1 is 1.00 bits per heavy atom. The number of rotatable bonds is 8. The number of Topliss-reactive ketones (excluding diaryl/α,β-unsaturated/α-hetero) is 1. The molecular formula is C22H19ClN2O4S. The van der Waals surface area contributed by atoms with Crippen LogP contribution in [0, 0.1) is 6.92 Å². The summed E-state index contributed by atoms with van der Waals surface area (Å²) in [5.74, 6) is -0.763. The van der Waals surface area contributed by atoms with Gasteiger partial charge in [0.15, 0.2) is 5.78 Å². The summed E-state index contributed by atoms with van der Waals surface area (Å²) >= 11 is 4.39. The zero-order valence-corrected chi connectivity index (χ0v) is 17.6. The van der Waals surface area contributed by atoms with Gasteiger partial charge in [0.1, 0.15) is 0 Å². The minimum absolute atomic E-state index is 0.181. The van der Waals surface area contributed by atoms with Crippen LogP contribution in [0.3, 0.4) is 0 Å². The molecule has 1 atom stereocenters. The van der Waals surface area contributed by atoms with Crippen molar-refractivity contribution in [3.05, 3.63) is 88.9 Å². The summed E-state index contributed by atoms with van der Waals surface area (Å²) in [7, 11) is 0. The molecule has 0 aliphatic carbocycles. The maximum Gasteiger partial charge on any atom is 0.232 e. The van der Waals surface area contributed by atoms with Crippen LogP contribution in [0.2, 0.25) is 5.02 Å². The van der Waals surface area contributed by atoms with Gasteiger partial charge in [-0.3, -0.25) is 15.1 Å². The Morgan fingerprint density at radius 2 is 1.70 bits per heavy atom. The van der Waals surface area contributed by atoms with Crippen LogP contribution in [-0.4, -0.2) is 15.9 Å². The van der Waals surface area contributed by atoms with Gasteiger partial charge in [0.2, 0.25) is 17.0 Å². The second kappa shape index (κ2) is 10.2. The first-order chi connectivity index (χ1) is 14.4. The molecule has 1 amide bonds. The fraction of sp³-hybridized carbons (Fsp3) is 0.0909. The van der Waals surface area contributed by atoms with E-state index in [4.69, 9.17) is 15.9 Å². The van der Waals surface area contributed by atoms with Crippen molar-refractivity contribution in [2.24, 2.45) is 0 Å². The van der Waals surface area contributed by atoms with E-state index in [1.54, 1.807) is 24.3 Å². The molecular weight excluding hydrogens is 424 g/mol. The highest BCUT2D eigenvalue weighted by Crippen LogP contribution is 2.25. The van der Waals surface area contributed by atoms with Crippen LogP contribution in [0.4, 0.5) is 11.4 Å². The molecule has 3 aromatic rings. The molecule has 0 aliphatic heterocycles. The van der Waals surface area contributed by atoms with E-state index in [0.717, 1.165) is 5.56 Å². The molecule has 0 saturated carbocycles. The number of para-hydroxylation sites is 1. The van der Waals surface area contributed by atoms with Gasteiger partial charge >= 0.3 is 0 Å². The Kier molecular flexibility index (Phi) is 7.35. The number of carbonyl (C=O) groups excluding carboxylic acids is 2. The van der Waals surface area contributed by atoms with E-state index in [1.807, 2.05) is 37.3 Å². The molecule has 0 saturated heterocycles. The molecule has 0 heterocycles. The molecule has 6 nitrogen and oxygen atoms in total. The van der Waals surface area contributed by atoms with E-state index < -0.39 is 17.0 Å². The lowest BCUT2D eigenvalue weighted by molar-refractivity contribution is -0.115. The van der Waals surface area contributed by atoms with Gasteiger partial charge < -0.3 is 5.32 Å². The molecule has 0 fully saturated rings. The second-order valence-electron chi connectivity index (χ2n) is 6.39. The van der Waals surface area contributed by atoms with Crippen molar-refractivity contribution in [3.63, 3.8) is 0 Å². The number of aryl methyl sites for hydroxylation is 1. The lowest BCUT2D eigenvalue weighted by Crippen LogP contribution is -2.17. The summed E-state index contributed by atoms with van der Waals surface area (Å²) in [5.41, 5.74) is 4.88. The third-order valence-corrected chi connectivity index (χ3v) is 5.37. The van der Waals surface area contributed by atoms with E-state index in [-0.39, 0.29) is 17.2 Å². The van der Waals surface area contributed by atoms with Crippen molar-refractivity contribution in [1.29, 1.82) is 0 Å². The van der Waals surface area contributed by atoms with Crippen molar-refractivity contribution in [2.75, 3.05) is 10.8 Å². The fourth-order valence-electron chi connectivity index (χ4n) is 2.66. The molecule has 1 unspecified atom stereocenters. The SMILES string of the molecule is Cc1ccccc1C(=O)CC(=O)Nc1ccc(S(=O)ONc2ccccc2)cc1Cl. The summed E-state index contributed by atoms with van der Waals surface area (Å²) in [4.78, 5) is 24.9. The first-order valence-electron chi connectivity index (χ1n) is 9.02. The number of amides is 1. The number of anilines is 2. The van der Waals surface area contributed by atoms with Crippen LogP contribution in [-0.2, 0) is 20.2 Å². The minimum Gasteiger partial charge on any atom is -0.324 e. The predicted molar refractivity (Wildman–Crippen MR) is 118 cm³/mol. The van der Waals surface area contributed by atoms with E-state index in [0.29, 0.717) is 21.8 Å². The van der Waals surface area contributed by atoms with Crippen molar-refractivity contribution < 1.29 is 18.1 Å². The number of halogens is 1. The van der Waals surface area contributed by atoms with Gasteiger partial charge in [0.05, 0.1) is 27.7 Å². The number of ketones is 1. The van der Waals surface area contributed by atoms with E-state index in [9.17, 15) is 13.8 Å². The van der Waals surface area contributed by atoms with Crippen LogP contribution < -0.4 is 10.8 Å². The summed E-state index contributed by atoms with van der Waals surface area (Å²) < 4.78 is 17.4. The van der Waals surface area contributed by atoms with Crippen LogP contribution in [0.1, 0.15) is 22.3 Å².